The zero-order valence-electron chi connectivity index (χ0n) is 18.8. The third kappa shape index (κ3) is 3.51. The minimum Gasteiger partial charge on any atom is -0.493 e. The second-order valence-corrected chi connectivity index (χ2v) is 8.69. The summed E-state index contributed by atoms with van der Waals surface area (Å²) in [7, 11) is 3.19. The lowest BCUT2D eigenvalue weighted by Gasteiger charge is -2.46. The average Bonchev–Trinajstić information content (AvgIpc) is 3.31. The molecule has 0 aliphatic carbocycles. The number of non-ortho nitro benzene ring substituents is 1. The molecule has 0 amide bonds. The van der Waals surface area contributed by atoms with Gasteiger partial charge in [0.05, 0.1) is 30.9 Å². The second-order valence-electron chi connectivity index (χ2n) is 8.25. The number of nitro groups is 1. The first-order chi connectivity index (χ1) is 16.3. The number of methoxy groups -OCH3 is 2. The number of hydrazone groups is 1. The number of rotatable bonds is 5. The van der Waals surface area contributed by atoms with Gasteiger partial charge in [-0.2, -0.15) is 5.10 Å². The highest BCUT2D eigenvalue weighted by Gasteiger charge is 2.49. The van der Waals surface area contributed by atoms with Crippen LogP contribution in [0.15, 0.2) is 65.8 Å². The van der Waals surface area contributed by atoms with Crippen LogP contribution < -0.4 is 14.2 Å². The molecule has 0 saturated heterocycles. The number of hydrogen-bond donors (Lipinski definition) is 0. The minimum absolute atomic E-state index is 0.0165. The molecule has 0 saturated carbocycles. The summed E-state index contributed by atoms with van der Waals surface area (Å²) in [4.78, 5) is 10.7. The molecular formula is C25H22ClN3O5. The molecule has 8 nitrogen and oxygen atoms in total. The van der Waals surface area contributed by atoms with Crippen molar-refractivity contribution in [1.82, 2.24) is 5.01 Å². The minimum atomic E-state index is -0.987. The van der Waals surface area contributed by atoms with Crippen LogP contribution in [0.2, 0.25) is 5.02 Å². The van der Waals surface area contributed by atoms with Crippen LogP contribution in [0.1, 0.15) is 36.1 Å². The Bertz CT molecular complexity index is 1310. The molecule has 0 bridgehead atoms. The maximum absolute atomic E-state index is 11.2. The molecule has 0 N–H and O–H groups in total. The Balaban J connectivity index is 1.62. The fourth-order valence-corrected chi connectivity index (χ4v) is 4.73. The fourth-order valence-electron chi connectivity index (χ4n) is 4.55. The molecule has 2 atom stereocenters. The largest absolute Gasteiger partial charge is 0.493 e. The lowest BCUT2D eigenvalue weighted by molar-refractivity contribution is -0.384. The van der Waals surface area contributed by atoms with Gasteiger partial charge < -0.3 is 14.2 Å². The molecule has 0 unspecified atom stereocenters. The van der Waals surface area contributed by atoms with Gasteiger partial charge in [-0.05, 0) is 48.5 Å². The number of fused-ring (bicyclic) bond motifs is 3. The number of ether oxygens (including phenoxy) is 3. The number of nitrogens with zero attached hydrogens (tertiary/aromatic N) is 3. The van der Waals surface area contributed by atoms with E-state index >= 15 is 0 Å². The predicted molar refractivity (Wildman–Crippen MR) is 128 cm³/mol. The average molecular weight is 480 g/mol. The smallest absolute Gasteiger partial charge is 0.269 e. The van der Waals surface area contributed by atoms with Gasteiger partial charge in [-0.3, -0.25) is 10.1 Å². The van der Waals surface area contributed by atoms with Crippen molar-refractivity contribution in [3.8, 4) is 17.2 Å². The van der Waals surface area contributed by atoms with Crippen molar-refractivity contribution < 1.29 is 19.1 Å². The number of hydrogen-bond acceptors (Lipinski definition) is 7. The summed E-state index contributed by atoms with van der Waals surface area (Å²) in [5.41, 5.74) is 2.48. The van der Waals surface area contributed by atoms with Crippen molar-refractivity contribution in [2.45, 2.75) is 25.1 Å². The molecule has 9 heteroatoms. The van der Waals surface area contributed by atoms with Crippen LogP contribution in [0.25, 0.3) is 0 Å². The molecule has 34 heavy (non-hydrogen) atoms. The van der Waals surface area contributed by atoms with Crippen molar-refractivity contribution in [2.24, 2.45) is 5.10 Å². The Kier molecular flexibility index (Phi) is 5.32. The van der Waals surface area contributed by atoms with Gasteiger partial charge >= 0.3 is 0 Å². The van der Waals surface area contributed by atoms with Crippen LogP contribution in [0.5, 0.6) is 17.2 Å². The van der Waals surface area contributed by atoms with Crippen molar-refractivity contribution >= 4 is 23.0 Å². The topological polar surface area (TPSA) is 86.4 Å². The van der Waals surface area contributed by atoms with Crippen molar-refractivity contribution in [3.05, 3.63) is 92.5 Å². The highest BCUT2D eigenvalue weighted by atomic mass is 35.5. The standard InChI is InChI=1S/C25H22ClN3O5/c1-25(16-5-8-18(9-6-16)29(30)31)28-21(19-13-17(26)7-11-22(19)34-25)14-20(27-28)15-4-10-23(32-2)24(12-15)33-3/h4-13,21H,14H2,1-3H3/t21-,25-/m1/s1. The Labute approximate surface area is 201 Å². The second kappa shape index (κ2) is 8.22. The van der Waals surface area contributed by atoms with E-state index in [9.17, 15) is 10.1 Å². The highest BCUT2D eigenvalue weighted by molar-refractivity contribution is 6.30. The van der Waals surface area contributed by atoms with E-state index in [1.165, 1.54) is 12.1 Å². The quantitative estimate of drug-likeness (QED) is 0.345. The van der Waals surface area contributed by atoms with Gasteiger partial charge in [0.1, 0.15) is 5.75 Å². The van der Waals surface area contributed by atoms with E-state index in [-0.39, 0.29) is 11.7 Å². The lowest BCUT2D eigenvalue weighted by Crippen LogP contribution is -2.48. The van der Waals surface area contributed by atoms with Gasteiger partial charge in [-0.1, -0.05) is 11.6 Å². The SMILES string of the molecule is COc1ccc(C2=NN3[C@H](C2)c2cc(Cl)ccc2O[C@]3(C)c2ccc([N+](=O)[O-])cc2)cc1OC. The normalized spacial score (nSPS) is 20.6. The van der Waals surface area contributed by atoms with Crippen molar-refractivity contribution in [3.63, 3.8) is 0 Å². The van der Waals surface area contributed by atoms with Crippen LogP contribution >= 0.6 is 11.6 Å². The fraction of sp³-hybridized carbons (Fsp3) is 0.240. The number of nitro benzene ring substituents is 1. The Morgan fingerprint density at radius 1 is 1.09 bits per heavy atom. The van der Waals surface area contributed by atoms with Gasteiger partial charge in [0, 0.05) is 47.2 Å². The summed E-state index contributed by atoms with van der Waals surface area (Å²) in [6, 6.07) is 17.5. The highest BCUT2D eigenvalue weighted by Crippen LogP contribution is 2.51. The molecule has 2 aliphatic rings. The molecule has 3 aromatic carbocycles. The van der Waals surface area contributed by atoms with Gasteiger partial charge in [-0.15, -0.1) is 0 Å². The zero-order chi connectivity index (χ0) is 24.0. The molecule has 0 radical (unpaired) electrons. The van der Waals surface area contributed by atoms with Crippen molar-refractivity contribution in [2.75, 3.05) is 14.2 Å². The van der Waals surface area contributed by atoms with Gasteiger partial charge in [-0.25, -0.2) is 5.01 Å². The van der Waals surface area contributed by atoms with Crippen LogP contribution in [-0.2, 0) is 5.72 Å². The van der Waals surface area contributed by atoms with E-state index in [0.29, 0.717) is 28.7 Å². The summed E-state index contributed by atoms with van der Waals surface area (Å²) in [6.45, 7) is 1.92. The lowest BCUT2D eigenvalue weighted by atomic mass is 9.92. The van der Waals surface area contributed by atoms with E-state index in [0.717, 1.165) is 22.4 Å². The predicted octanol–water partition coefficient (Wildman–Crippen LogP) is 5.68. The monoisotopic (exact) mass is 479 g/mol. The maximum atomic E-state index is 11.2. The van der Waals surface area contributed by atoms with E-state index in [2.05, 4.69) is 0 Å². The van der Waals surface area contributed by atoms with Crippen LogP contribution in [0.4, 0.5) is 5.69 Å². The molecule has 0 fully saturated rings. The molecule has 174 valence electrons. The zero-order valence-corrected chi connectivity index (χ0v) is 19.6. The third-order valence-electron chi connectivity index (χ3n) is 6.32. The molecule has 0 spiro atoms. The molecule has 3 aromatic rings. The first-order valence-corrected chi connectivity index (χ1v) is 11.0. The molecule has 2 aliphatic heterocycles. The van der Waals surface area contributed by atoms with E-state index in [1.807, 2.05) is 42.3 Å². The Hall–Kier alpha value is -3.78. The summed E-state index contributed by atoms with van der Waals surface area (Å²) in [5.74, 6) is 1.96. The van der Waals surface area contributed by atoms with E-state index in [1.54, 1.807) is 32.4 Å². The van der Waals surface area contributed by atoms with E-state index in [4.69, 9.17) is 30.9 Å². The first-order valence-electron chi connectivity index (χ1n) is 10.7. The Morgan fingerprint density at radius 2 is 1.82 bits per heavy atom. The van der Waals surface area contributed by atoms with Gasteiger partial charge in [0.15, 0.2) is 11.5 Å². The summed E-state index contributed by atoms with van der Waals surface area (Å²) < 4.78 is 17.3. The summed E-state index contributed by atoms with van der Waals surface area (Å²) in [6.07, 6.45) is 0.620. The van der Waals surface area contributed by atoms with E-state index < -0.39 is 10.6 Å². The third-order valence-corrected chi connectivity index (χ3v) is 6.55. The van der Waals surface area contributed by atoms with Gasteiger partial charge in [0.25, 0.3) is 5.69 Å². The first kappa shape index (κ1) is 22.0. The molecule has 0 aromatic heterocycles. The van der Waals surface area contributed by atoms with Crippen LogP contribution in [0, 0.1) is 10.1 Å². The summed E-state index contributed by atoms with van der Waals surface area (Å²) in [5, 5.41) is 18.7. The van der Waals surface area contributed by atoms with Crippen LogP contribution in [0.3, 0.4) is 0 Å². The summed E-state index contributed by atoms with van der Waals surface area (Å²) >= 11 is 6.32. The molecule has 5 rings (SSSR count). The maximum Gasteiger partial charge on any atom is 0.269 e. The van der Waals surface area contributed by atoms with Crippen molar-refractivity contribution in [1.29, 1.82) is 0 Å². The number of halogens is 1. The molecular weight excluding hydrogens is 458 g/mol. The Morgan fingerprint density at radius 3 is 2.50 bits per heavy atom. The number of benzene rings is 3. The van der Waals surface area contributed by atoms with Crippen LogP contribution in [-0.4, -0.2) is 29.9 Å². The van der Waals surface area contributed by atoms with Gasteiger partial charge in [0.2, 0.25) is 5.72 Å². The molecule has 2 heterocycles.